The van der Waals surface area contributed by atoms with Gasteiger partial charge in [-0.15, -0.1) is 11.6 Å². The number of aryl methyl sites for hydroxylation is 1. The van der Waals surface area contributed by atoms with Crippen LogP contribution in [0.25, 0.3) is 0 Å². The second-order valence-electron chi connectivity index (χ2n) is 4.23. The van der Waals surface area contributed by atoms with Crippen LogP contribution in [0.1, 0.15) is 34.2 Å². The molecule has 1 aliphatic heterocycles. The zero-order chi connectivity index (χ0) is 11.7. The van der Waals surface area contributed by atoms with E-state index in [4.69, 9.17) is 11.6 Å². The average molecular weight is 258 g/mol. The number of nitrogens with zero attached hydrogens (tertiary/aromatic N) is 1. The molecule has 0 amide bonds. The van der Waals surface area contributed by atoms with Crippen LogP contribution in [0.15, 0.2) is 6.07 Å². The Bertz CT molecular complexity index is 407. The Hall–Kier alpha value is -0.410. The molecule has 4 heteroatoms. The van der Waals surface area contributed by atoms with Gasteiger partial charge < -0.3 is 4.57 Å². The minimum atomic E-state index is 0.0340. The summed E-state index contributed by atoms with van der Waals surface area (Å²) >= 11 is 7.60. The van der Waals surface area contributed by atoms with Crippen molar-refractivity contribution in [1.82, 2.24) is 4.57 Å². The van der Waals surface area contributed by atoms with Crippen molar-refractivity contribution in [2.45, 2.75) is 26.3 Å². The Kier molecular flexibility index (Phi) is 3.65. The number of carbonyl (C=O) groups excluding carboxylic acids is 1. The van der Waals surface area contributed by atoms with Crippen LogP contribution in [-0.4, -0.2) is 27.7 Å². The third-order valence-electron chi connectivity index (χ3n) is 3.18. The highest BCUT2D eigenvalue weighted by Gasteiger charge is 2.23. The molecule has 0 aromatic carbocycles. The number of thioether (sulfide) groups is 1. The maximum Gasteiger partial charge on any atom is 0.179 e. The summed E-state index contributed by atoms with van der Waals surface area (Å²) in [5.74, 6) is 2.49. The number of aromatic nitrogens is 1. The molecule has 1 aliphatic rings. The average Bonchev–Trinajstić information content (AvgIpc) is 2.86. The van der Waals surface area contributed by atoms with Gasteiger partial charge in [0.05, 0.1) is 5.88 Å². The number of hydrogen-bond donors (Lipinski definition) is 0. The lowest BCUT2D eigenvalue weighted by Crippen LogP contribution is -2.12. The van der Waals surface area contributed by atoms with E-state index in [0.717, 1.165) is 17.0 Å². The molecule has 2 rings (SSSR count). The van der Waals surface area contributed by atoms with Gasteiger partial charge in [-0.25, -0.2) is 0 Å². The van der Waals surface area contributed by atoms with Crippen molar-refractivity contribution in [2.75, 3.05) is 17.4 Å². The second kappa shape index (κ2) is 4.84. The van der Waals surface area contributed by atoms with Crippen molar-refractivity contribution in [3.8, 4) is 0 Å². The number of ketones is 1. The fourth-order valence-corrected chi connectivity index (χ4v) is 3.76. The first kappa shape index (κ1) is 12.1. The normalized spacial score (nSPS) is 20.3. The molecule has 0 spiro atoms. The van der Waals surface area contributed by atoms with Crippen molar-refractivity contribution in [2.24, 2.45) is 0 Å². The molecule has 1 atom stereocenters. The molecule has 0 saturated carbocycles. The van der Waals surface area contributed by atoms with Gasteiger partial charge in [-0.1, -0.05) is 0 Å². The van der Waals surface area contributed by atoms with Crippen molar-refractivity contribution in [3.05, 3.63) is 23.0 Å². The summed E-state index contributed by atoms with van der Waals surface area (Å²) < 4.78 is 2.31. The van der Waals surface area contributed by atoms with Crippen LogP contribution in [0.5, 0.6) is 0 Å². The number of halogens is 1. The molecule has 1 saturated heterocycles. The number of Topliss-reactive ketones (excluding diaryl/α,β-unsaturated/α-hetero) is 1. The van der Waals surface area contributed by atoms with Crippen molar-refractivity contribution < 1.29 is 4.79 Å². The van der Waals surface area contributed by atoms with Crippen molar-refractivity contribution in [1.29, 1.82) is 0 Å². The highest BCUT2D eigenvalue weighted by atomic mass is 35.5. The van der Waals surface area contributed by atoms with Gasteiger partial charge in [-0.05, 0) is 32.1 Å². The van der Waals surface area contributed by atoms with Crippen LogP contribution in [-0.2, 0) is 0 Å². The summed E-state index contributed by atoms with van der Waals surface area (Å²) in [4.78, 5) is 11.7. The first-order valence-electron chi connectivity index (χ1n) is 5.50. The SMILES string of the molecule is Cc1cc(C(=O)CCl)c(C)n1C1CCSC1. The highest BCUT2D eigenvalue weighted by Crippen LogP contribution is 2.32. The molecule has 1 aromatic rings. The van der Waals surface area contributed by atoms with Crippen molar-refractivity contribution in [3.63, 3.8) is 0 Å². The smallest absolute Gasteiger partial charge is 0.179 e. The van der Waals surface area contributed by atoms with Gasteiger partial charge in [0.1, 0.15) is 0 Å². The third-order valence-corrected chi connectivity index (χ3v) is 4.56. The van der Waals surface area contributed by atoms with Gasteiger partial charge in [0, 0.05) is 28.7 Å². The lowest BCUT2D eigenvalue weighted by Gasteiger charge is -2.16. The zero-order valence-electron chi connectivity index (χ0n) is 9.62. The Morgan fingerprint density at radius 2 is 2.38 bits per heavy atom. The molecule has 0 bridgehead atoms. The molecule has 16 heavy (non-hydrogen) atoms. The molecular formula is C12H16ClNOS. The maximum atomic E-state index is 11.7. The van der Waals surface area contributed by atoms with E-state index in [-0.39, 0.29) is 11.7 Å². The van der Waals surface area contributed by atoms with Gasteiger partial charge in [0.2, 0.25) is 0 Å². The summed E-state index contributed by atoms with van der Waals surface area (Å²) in [6, 6.07) is 2.53. The Labute approximate surface area is 105 Å². The summed E-state index contributed by atoms with van der Waals surface area (Å²) in [5.41, 5.74) is 3.05. The van der Waals surface area contributed by atoms with Crippen LogP contribution in [0, 0.1) is 13.8 Å². The quantitative estimate of drug-likeness (QED) is 0.613. The molecule has 0 aliphatic carbocycles. The van der Waals surface area contributed by atoms with Crippen LogP contribution in [0.3, 0.4) is 0 Å². The van der Waals surface area contributed by atoms with E-state index in [2.05, 4.69) is 11.5 Å². The number of alkyl halides is 1. The highest BCUT2D eigenvalue weighted by molar-refractivity contribution is 7.99. The van der Waals surface area contributed by atoms with E-state index in [1.807, 2.05) is 24.8 Å². The predicted octanol–water partition coefficient (Wildman–Crippen LogP) is 3.20. The molecule has 0 N–H and O–H groups in total. The summed E-state index contributed by atoms with van der Waals surface area (Å²) in [5, 5.41) is 0. The number of rotatable bonds is 3. The molecule has 2 nitrogen and oxygen atoms in total. The van der Waals surface area contributed by atoms with E-state index in [1.54, 1.807) is 0 Å². The van der Waals surface area contributed by atoms with Crippen LogP contribution >= 0.6 is 23.4 Å². The number of hydrogen-bond acceptors (Lipinski definition) is 2. The van der Waals surface area contributed by atoms with Crippen LogP contribution in [0.4, 0.5) is 0 Å². The summed E-state index contributed by atoms with van der Waals surface area (Å²) in [6.07, 6.45) is 1.20. The van der Waals surface area contributed by atoms with E-state index in [9.17, 15) is 4.79 Å². The van der Waals surface area contributed by atoms with E-state index in [1.165, 1.54) is 17.9 Å². The number of carbonyl (C=O) groups is 1. The van der Waals surface area contributed by atoms with Crippen molar-refractivity contribution >= 4 is 29.1 Å². The standard InChI is InChI=1S/C12H16ClNOS/c1-8-5-11(12(15)6-13)9(2)14(8)10-3-4-16-7-10/h5,10H,3-4,6-7H2,1-2H3. The lowest BCUT2D eigenvalue weighted by atomic mass is 10.2. The zero-order valence-corrected chi connectivity index (χ0v) is 11.2. The summed E-state index contributed by atoms with van der Waals surface area (Å²) in [7, 11) is 0. The van der Waals surface area contributed by atoms with E-state index < -0.39 is 0 Å². The van der Waals surface area contributed by atoms with Gasteiger partial charge >= 0.3 is 0 Å². The minimum absolute atomic E-state index is 0.0340. The Morgan fingerprint density at radius 3 is 2.94 bits per heavy atom. The first-order chi connectivity index (χ1) is 7.65. The first-order valence-corrected chi connectivity index (χ1v) is 7.19. The molecule has 1 aromatic heterocycles. The van der Waals surface area contributed by atoms with E-state index in [0.29, 0.717) is 6.04 Å². The molecular weight excluding hydrogens is 242 g/mol. The summed E-state index contributed by atoms with van der Waals surface area (Å²) in [6.45, 7) is 4.09. The molecule has 2 heterocycles. The minimum Gasteiger partial charge on any atom is -0.345 e. The van der Waals surface area contributed by atoms with Gasteiger partial charge in [0.25, 0.3) is 0 Å². The Balaban J connectivity index is 2.38. The van der Waals surface area contributed by atoms with Gasteiger partial charge in [-0.2, -0.15) is 11.8 Å². The largest absolute Gasteiger partial charge is 0.345 e. The fourth-order valence-electron chi connectivity index (χ4n) is 2.42. The van der Waals surface area contributed by atoms with Gasteiger partial charge in [-0.3, -0.25) is 4.79 Å². The monoisotopic (exact) mass is 257 g/mol. The van der Waals surface area contributed by atoms with Crippen LogP contribution in [0.2, 0.25) is 0 Å². The lowest BCUT2D eigenvalue weighted by molar-refractivity contribution is 0.102. The topological polar surface area (TPSA) is 22.0 Å². The third kappa shape index (κ3) is 2.03. The maximum absolute atomic E-state index is 11.7. The predicted molar refractivity (Wildman–Crippen MR) is 69.9 cm³/mol. The van der Waals surface area contributed by atoms with Crippen LogP contribution < -0.4 is 0 Å². The molecule has 88 valence electrons. The van der Waals surface area contributed by atoms with Gasteiger partial charge in [0.15, 0.2) is 5.78 Å². The second-order valence-corrected chi connectivity index (χ2v) is 5.65. The molecule has 0 radical (unpaired) electrons. The molecule has 1 fully saturated rings. The Morgan fingerprint density at radius 1 is 1.62 bits per heavy atom. The fraction of sp³-hybridized carbons (Fsp3) is 0.583. The molecule has 1 unspecified atom stereocenters. The van der Waals surface area contributed by atoms with E-state index >= 15 is 0 Å².